The maximum atomic E-state index is 8.00. The summed E-state index contributed by atoms with van der Waals surface area (Å²) in [5.41, 5.74) is -0.860. The van der Waals surface area contributed by atoms with Gasteiger partial charge in [0.15, 0.2) is 5.66 Å². The van der Waals surface area contributed by atoms with E-state index in [0.717, 1.165) is 6.42 Å². The number of hydrogen-bond donors (Lipinski definition) is 3. The summed E-state index contributed by atoms with van der Waals surface area (Å²) in [5, 5.41) is 14.2. The van der Waals surface area contributed by atoms with Crippen LogP contribution in [-0.4, -0.2) is 28.6 Å². The van der Waals surface area contributed by atoms with Crippen molar-refractivity contribution in [1.29, 1.82) is 5.41 Å². The van der Waals surface area contributed by atoms with Crippen LogP contribution < -0.4 is 10.6 Å². The molecule has 17 heavy (non-hydrogen) atoms. The molecule has 0 rings (SSSR count). The zero-order valence-corrected chi connectivity index (χ0v) is 12.6. The third kappa shape index (κ3) is 4.20. The Morgan fingerprint density at radius 3 is 1.94 bits per heavy atom. The van der Waals surface area contributed by atoms with Crippen LogP contribution in [-0.2, 0) is 4.74 Å². The molecule has 0 aromatic heterocycles. The molecular weight excluding hydrogens is 254 g/mol. The predicted octanol–water partition coefficient (Wildman–Crippen LogP) is 2.23. The fourth-order valence-corrected chi connectivity index (χ4v) is 1.96. The molecule has 0 aliphatic rings. The molecular formula is C11H21N3OS2. The van der Waals surface area contributed by atoms with Crippen LogP contribution in [0, 0.1) is 11.3 Å². The topological polar surface area (TPSA) is 57.1 Å². The van der Waals surface area contributed by atoms with Gasteiger partial charge in [-0.25, -0.2) is 0 Å². The van der Waals surface area contributed by atoms with Gasteiger partial charge in [-0.05, 0) is 20.3 Å². The van der Waals surface area contributed by atoms with Crippen LogP contribution in [0.1, 0.15) is 34.1 Å². The molecule has 6 heteroatoms. The maximum Gasteiger partial charge on any atom is 0.228 e. The van der Waals surface area contributed by atoms with Gasteiger partial charge in [0.2, 0.25) is 5.90 Å². The smallest absolute Gasteiger partial charge is 0.228 e. The number of hydrogen-bond acceptors (Lipinski definition) is 4. The summed E-state index contributed by atoms with van der Waals surface area (Å²) >= 11 is 10.2. The summed E-state index contributed by atoms with van der Waals surface area (Å²) in [6, 6.07) is 0. The van der Waals surface area contributed by atoms with E-state index in [0.29, 0.717) is 9.98 Å². The summed E-state index contributed by atoms with van der Waals surface area (Å²) in [5.74, 6) is 0.186. The zero-order valence-electron chi connectivity index (χ0n) is 11.0. The van der Waals surface area contributed by atoms with E-state index in [1.807, 2.05) is 13.8 Å². The number of ether oxygens (including phenoxy) is 1. The second-order valence-corrected chi connectivity index (χ2v) is 5.24. The highest BCUT2D eigenvalue weighted by Gasteiger charge is 2.41. The summed E-state index contributed by atoms with van der Waals surface area (Å²) in [6.45, 7) is 7.61. The molecule has 0 aliphatic heterocycles. The molecule has 0 fully saturated rings. The van der Waals surface area contributed by atoms with Crippen molar-refractivity contribution in [2.24, 2.45) is 5.92 Å². The van der Waals surface area contributed by atoms with Crippen LogP contribution in [0.15, 0.2) is 0 Å². The van der Waals surface area contributed by atoms with Crippen LogP contribution in [0.3, 0.4) is 0 Å². The van der Waals surface area contributed by atoms with Crippen LogP contribution in [0.5, 0.6) is 0 Å². The Kier molecular flexibility index (Phi) is 6.56. The molecule has 1 unspecified atom stereocenters. The van der Waals surface area contributed by atoms with Gasteiger partial charge in [0.1, 0.15) is 0 Å². The zero-order chi connectivity index (χ0) is 13.6. The van der Waals surface area contributed by atoms with Gasteiger partial charge in [0, 0.05) is 5.92 Å². The van der Waals surface area contributed by atoms with Crippen molar-refractivity contribution in [2.75, 3.05) is 7.11 Å². The average molecular weight is 275 g/mol. The van der Waals surface area contributed by atoms with E-state index < -0.39 is 5.66 Å². The van der Waals surface area contributed by atoms with Crippen molar-refractivity contribution >= 4 is 40.3 Å². The Labute approximate surface area is 114 Å². The fourth-order valence-electron chi connectivity index (χ4n) is 1.64. The first-order valence-electron chi connectivity index (χ1n) is 5.50. The van der Waals surface area contributed by atoms with Crippen molar-refractivity contribution in [3.05, 3.63) is 0 Å². The van der Waals surface area contributed by atoms with Crippen molar-refractivity contribution in [3.63, 3.8) is 0 Å². The van der Waals surface area contributed by atoms with Gasteiger partial charge in [0.25, 0.3) is 0 Å². The van der Waals surface area contributed by atoms with E-state index in [2.05, 4.69) is 10.6 Å². The number of rotatable bonds is 5. The molecule has 98 valence electrons. The largest absolute Gasteiger partial charge is 0.481 e. The van der Waals surface area contributed by atoms with E-state index in [-0.39, 0.29) is 11.8 Å². The highest BCUT2D eigenvalue weighted by molar-refractivity contribution is 7.80. The molecule has 4 nitrogen and oxygen atoms in total. The minimum Gasteiger partial charge on any atom is -0.481 e. The van der Waals surface area contributed by atoms with E-state index >= 15 is 0 Å². The van der Waals surface area contributed by atoms with Gasteiger partial charge in [-0.1, -0.05) is 38.3 Å². The van der Waals surface area contributed by atoms with E-state index in [4.69, 9.17) is 34.6 Å². The highest BCUT2D eigenvalue weighted by atomic mass is 32.1. The summed E-state index contributed by atoms with van der Waals surface area (Å²) in [6.07, 6.45) is 0.858. The van der Waals surface area contributed by atoms with Gasteiger partial charge in [0.05, 0.1) is 17.1 Å². The number of methoxy groups -OCH3 is 1. The predicted molar refractivity (Wildman–Crippen MR) is 79.7 cm³/mol. The molecule has 0 aliphatic carbocycles. The Morgan fingerprint density at radius 1 is 1.29 bits per heavy atom. The summed E-state index contributed by atoms with van der Waals surface area (Å²) in [7, 11) is 1.47. The Morgan fingerprint density at radius 2 is 1.71 bits per heavy atom. The normalized spacial score (nSPS) is 12.5. The van der Waals surface area contributed by atoms with Crippen LogP contribution in [0.4, 0.5) is 0 Å². The van der Waals surface area contributed by atoms with Gasteiger partial charge in [-0.15, -0.1) is 0 Å². The Balaban J connectivity index is 5.41. The molecule has 0 bridgehead atoms. The van der Waals surface area contributed by atoms with Crippen molar-refractivity contribution in [2.45, 2.75) is 39.8 Å². The molecule has 1 atom stereocenters. The molecule has 0 saturated carbocycles. The molecule has 0 aromatic rings. The SMILES string of the molecule is CCC(C)C(NC(C)=S)(NC(C)=S)C(=N)OC. The quantitative estimate of drug-likeness (QED) is 0.311. The molecule has 3 N–H and O–H groups in total. The average Bonchev–Trinajstić information content (AvgIpc) is 2.24. The third-order valence-electron chi connectivity index (χ3n) is 2.66. The maximum absolute atomic E-state index is 8.00. The lowest BCUT2D eigenvalue weighted by atomic mass is 9.90. The van der Waals surface area contributed by atoms with Gasteiger partial charge < -0.3 is 15.4 Å². The summed E-state index contributed by atoms with van der Waals surface area (Å²) in [4.78, 5) is 1.19. The van der Waals surface area contributed by atoms with Gasteiger partial charge in [-0.3, -0.25) is 5.41 Å². The molecule has 0 amide bonds. The van der Waals surface area contributed by atoms with Gasteiger partial charge >= 0.3 is 0 Å². The van der Waals surface area contributed by atoms with Crippen molar-refractivity contribution in [3.8, 4) is 0 Å². The first-order chi connectivity index (χ1) is 7.80. The Hall–Kier alpha value is -0.750. The first-order valence-corrected chi connectivity index (χ1v) is 6.32. The monoisotopic (exact) mass is 275 g/mol. The van der Waals surface area contributed by atoms with Gasteiger partial charge in [-0.2, -0.15) is 0 Å². The molecule has 0 saturated heterocycles. The van der Waals surface area contributed by atoms with E-state index in [1.165, 1.54) is 7.11 Å². The molecule has 0 radical (unpaired) electrons. The van der Waals surface area contributed by atoms with Crippen LogP contribution in [0.25, 0.3) is 0 Å². The number of thiocarbonyl (C=S) groups is 2. The lowest BCUT2D eigenvalue weighted by molar-refractivity contribution is 0.247. The minimum absolute atomic E-state index is 0.0836. The molecule has 0 spiro atoms. The Bertz CT molecular complexity index is 302. The highest BCUT2D eigenvalue weighted by Crippen LogP contribution is 2.20. The summed E-state index contributed by atoms with van der Waals surface area (Å²) < 4.78 is 5.08. The minimum atomic E-state index is -0.860. The number of nitrogens with one attached hydrogen (secondary N) is 3. The lowest BCUT2D eigenvalue weighted by Gasteiger charge is -2.40. The second-order valence-electron chi connectivity index (χ2n) is 4.01. The van der Waals surface area contributed by atoms with Crippen LogP contribution in [0.2, 0.25) is 0 Å². The van der Waals surface area contributed by atoms with Crippen molar-refractivity contribution in [1.82, 2.24) is 10.6 Å². The molecule has 0 heterocycles. The van der Waals surface area contributed by atoms with Crippen molar-refractivity contribution < 1.29 is 4.74 Å². The van der Waals surface area contributed by atoms with Crippen LogP contribution >= 0.6 is 24.4 Å². The first kappa shape index (κ1) is 16.2. The standard InChI is InChI=1S/C11H21N3OS2/c1-6-7(2)11(10(12)15-5,13-8(3)16)14-9(4)17/h7,12H,6H2,1-5H3,(H,13,16)(H,14,17). The van der Waals surface area contributed by atoms with E-state index in [9.17, 15) is 0 Å². The third-order valence-corrected chi connectivity index (χ3v) is 2.86. The molecule has 0 aromatic carbocycles. The second kappa shape index (κ2) is 6.86. The van der Waals surface area contributed by atoms with E-state index in [1.54, 1.807) is 13.8 Å². The lowest BCUT2D eigenvalue weighted by Crippen LogP contribution is -2.68. The fraction of sp³-hybridized carbons (Fsp3) is 0.727.